The van der Waals surface area contributed by atoms with Gasteiger partial charge in [-0.3, -0.25) is 9.59 Å². The first-order valence-electron chi connectivity index (χ1n) is 9.08. The molecule has 142 valence electrons. The molecular weight excluding hydrogens is 352 g/mol. The molecule has 0 aliphatic carbocycles. The third-order valence-electron chi connectivity index (χ3n) is 4.12. The quantitative estimate of drug-likeness (QED) is 0.645. The highest BCUT2D eigenvalue weighted by molar-refractivity contribution is 6.07. The predicted octanol–water partition coefficient (Wildman–Crippen LogP) is 4.90. The number of aryl methyl sites for hydroxylation is 1. The Morgan fingerprint density at radius 3 is 2.11 bits per heavy atom. The van der Waals surface area contributed by atoms with Crippen molar-refractivity contribution in [2.75, 3.05) is 17.2 Å². The lowest BCUT2D eigenvalue weighted by Crippen LogP contribution is -2.15. The fourth-order valence-electron chi connectivity index (χ4n) is 2.74. The summed E-state index contributed by atoms with van der Waals surface area (Å²) < 4.78 is 5.52. The number of rotatable bonds is 6. The van der Waals surface area contributed by atoms with Crippen LogP contribution in [0.3, 0.4) is 0 Å². The first-order chi connectivity index (χ1) is 13.6. The average Bonchev–Trinajstić information content (AvgIpc) is 2.70. The Labute approximate surface area is 164 Å². The number of benzene rings is 3. The molecule has 5 nitrogen and oxygen atoms in total. The molecule has 5 heteroatoms. The van der Waals surface area contributed by atoms with E-state index in [1.54, 1.807) is 36.4 Å². The van der Waals surface area contributed by atoms with Gasteiger partial charge in [0.15, 0.2) is 0 Å². The second kappa shape index (κ2) is 8.86. The van der Waals surface area contributed by atoms with Gasteiger partial charge in [0.1, 0.15) is 5.75 Å². The summed E-state index contributed by atoms with van der Waals surface area (Å²) in [7, 11) is 0. The molecule has 0 saturated heterocycles. The molecule has 0 saturated carbocycles. The summed E-state index contributed by atoms with van der Waals surface area (Å²) in [6.07, 6.45) is 0. The van der Waals surface area contributed by atoms with Crippen LogP contribution in [0.4, 0.5) is 11.4 Å². The molecular formula is C23H22N2O3. The topological polar surface area (TPSA) is 67.4 Å². The standard InChI is InChI=1S/C23H22N2O3/c1-3-28-21-10-5-4-9-20(21)25-23(27)18-13-11-17(12-14-18)22(26)24-19-8-6-7-16(2)15-19/h4-15H,3H2,1-2H3,(H,24,26)(H,25,27). The summed E-state index contributed by atoms with van der Waals surface area (Å²) in [6, 6.07) is 21.4. The minimum atomic E-state index is -0.266. The molecule has 3 aromatic rings. The normalized spacial score (nSPS) is 10.2. The van der Waals surface area contributed by atoms with Crippen molar-refractivity contribution in [3.05, 3.63) is 89.5 Å². The van der Waals surface area contributed by atoms with Crippen LogP contribution >= 0.6 is 0 Å². The van der Waals surface area contributed by atoms with Crippen LogP contribution in [-0.4, -0.2) is 18.4 Å². The average molecular weight is 374 g/mol. The van der Waals surface area contributed by atoms with Gasteiger partial charge in [-0.1, -0.05) is 24.3 Å². The van der Waals surface area contributed by atoms with Gasteiger partial charge in [0.2, 0.25) is 0 Å². The van der Waals surface area contributed by atoms with E-state index < -0.39 is 0 Å². The van der Waals surface area contributed by atoms with Crippen molar-refractivity contribution in [1.29, 1.82) is 0 Å². The first-order valence-corrected chi connectivity index (χ1v) is 9.08. The number of ether oxygens (including phenoxy) is 1. The Bertz CT molecular complexity index is 981. The van der Waals surface area contributed by atoms with E-state index in [-0.39, 0.29) is 11.8 Å². The zero-order valence-electron chi connectivity index (χ0n) is 15.9. The predicted molar refractivity (Wildman–Crippen MR) is 111 cm³/mol. The van der Waals surface area contributed by atoms with Crippen LogP contribution in [0.15, 0.2) is 72.8 Å². The Hall–Kier alpha value is -3.60. The molecule has 0 radical (unpaired) electrons. The number of carbonyl (C=O) groups excluding carboxylic acids is 2. The van der Waals surface area contributed by atoms with Crippen molar-refractivity contribution in [1.82, 2.24) is 0 Å². The Balaban J connectivity index is 1.68. The highest BCUT2D eigenvalue weighted by Crippen LogP contribution is 2.24. The minimum absolute atomic E-state index is 0.223. The minimum Gasteiger partial charge on any atom is -0.492 e. The van der Waals surface area contributed by atoms with E-state index in [0.29, 0.717) is 29.2 Å². The number of carbonyl (C=O) groups is 2. The molecule has 0 aromatic heterocycles. The number of nitrogens with one attached hydrogen (secondary N) is 2. The summed E-state index contributed by atoms with van der Waals surface area (Å²) >= 11 is 0. The molecule has 2 amide bonds. The first kappa shape index (κ1) is 19.2. The van der Waals surface area contributed by atoms with E-state index >= 15 is 0 Å². The molecule has 0 aliphatic rings. The van der Waals surface area contributed by atoms with Crippen molar-refractivity contribution in [3.63, 3.8) is 0 Å². The van der Waals surface area contributed by atoms with Crippen LogP contribution in [0.2, 0.25) is 0 Å². The molecule has 3 rings (SSSR count). The highest BCUT2D eigenvalue weighted by Gasteiger charge is 2.11. The zero-order valence-corrected chi connectivity index (χ0v) is 15.9. The summed E-state index contributed by atoms with van der Waals surface area (Å²) in [6.45, 7) is 4.36. The monoisotopic (exact) mass is 374 g/mol. The lowest BCUT2D eigenvalue weighted by atomic mass is 10.1. The lowest BCUT2D eigenvalue weighted by molar-refractivity contribution is 0.101. The maximum absolute atomic E-state index is 12.5. The number of amides is 2. The SMILES string of the molecule is CCOc1ccccc1NC(=O)c1ccc(C(=O)Nc2cccc(C)c2)cc1. The van der Waals surface area contributed by atoms with Gasteiger partial charge in [-0.2, -0.15) is 0 Å². The molecule has 0 fully saturated rings. The highest BCUT2D eigenvalue weighted by atomic mass is 16.5. The van der Waals surface area contributed by atoms with Gasteiger partial charge in [0, 0.05) is 16.8 Å². The number of hydrogen-bond donors (Lipinski definition) is 2. The zero-order chi connectivity index (χ0) is 19.9. The Morgan fingerprint density at radius 1 is 0.821 bits per heavy atom. The third-order valence-corrected chi connectivity index (χ3v) is 4.12. The number of anilines is 2. The molecule has 28 heavy (non-hydrogen) atoms. The molecule has 0 aliphatic heterocycles. The summed E-state index contributed by atoms with van der Waals surface area (Å²) in [5.41, 5.74) is 3.35. The summed E-state index contributed by atoms with van der Waals surface area (Å²) in [5, 5.41) is 5.69. The van der Waals surface area contributed by atoms with Crippen molar-refractivity contribution < 1.29 is 14.3 Å². The van der Waals surface area contributed by atoms with Crippen LogP contribution in [0.5, 0.6) is 5.75 Å². The van der Waals surface area contributed by atoms with Gasteiger partial charge in [0.25, 0.3) is 11.8 Å². The van der Waals surface area contributed by atoms with Crippen molar-refractivity contribution >= 4 is 23.2 Å². The van der Waals surface area contributed by atoms with Crippen LogP contribution in [0.25, 0.3) is 0 Å². The van der Waals surface area contributed by atoms with Gasteiger partial charge in [-0.25, -0.2) is 0 Å². The molecule has 0 atom stereocenters. The maximum Gasteiger partial charge on any atom is 0.255 e. The summed E-state index contributed by atoms with van der Waals surface area (Å²) in [4.78, 5) is 24.9. The molecule has 0 heterocycles. The third kappa shape index (κ3) is 4.76. The second-order valence-corrected chi connectivity index (χ2v) is 6.28. The molecule has 3 aromatic carbocycles. The van der Waals surface area contributed by atoms with E-state index in [4.69, 9.17) is 4.74 Å². The van der Waals surface area contributed by atoms with Gasteiger partial charge < -0.3 is 15.4 Å². The van der Waals surface area contributed by atoms with E-state index in [1.165, 1.54) is 0 Å². The Kier molecular flexibility index (Phi) is 6.07. The largest absolute Gasteiger partial charge is 0.492 e. The van der Waals surface area contributed by atoms with E-state index in [9.17, 15) is 9.59 Å². The van der Waals surface area contributed by atoms with Crippen LogP contribution in [0.1, 0.15) is 33.2 Å². The fourth-order valence-corrected chi connectivity index (χ4v) is 2.74. The van der Waals surface area contributed by atoms with Crippen LogP contribution in [0, 0.1) is 6.92 Å². The number of hydrogen-bond acceptors (Lipinski definition) is 3. The molecule has 2 N–H and O–H groups in total. The number of para-hydroxylation sites is 2. The molecule has 0 bridgehead atoms. The molecule has 0 unspecified atom stereocenters. The van der Waals surface area contributed by atoms with E-state index in [1.807, 2.05) is 50.2 Å². The fraction of sp³-hybridized carbons (Fsp3) is 0.130. The van der Waals surface area contributed by atoms with Crippen molar-refractivity contribution in [3.8, 4) is 5.75 Å². The van der Waals surface area contributed by atoms with E-state index in [2.05, 4.69) is 10.6 Å². The Morgan fingerprint density at radius 2 is 1.46 bits per heavy atom. The van der Waals surface area contributed by atoms with Gasteiger partial charge in [0.05, 0.1) is 12.3 Å². The van der Waals surface area contributed by atoms with Gasteiger partial charge in [-0.15, -0.1) is 0 Å². The summed E-state index contributed by atoms with van der Waals surface area (Å²) in [5.74, 6) is 0.129. The van der Waals surface area contributed by atoms with E-state index in [0.717, 1.165) is 11.3 Å². The smallest absolute Gasteiger partial charge is 0.255 e. The van der Waals surface area contributed by atoms with Gasteiger partial charge in [-0.05, 0) is 67.9 Å². The van der Waals surface area contributed by atoms with Crippen molar-refractivity contribution in [2.24, 2.45) is 0 Å². The van der Waals surface area contributed by atoms with Crippen LogP contribution < -0.4 is 15.4 Å². The molecule has 0 spiro atoms. The second-order valence-electron chi connectivity index (χ2n) is 6.28. The van der Waals surface area contributed by atoms with Crippen molar-refractivity contribution in [2.45, 2.75) is 13.8 Å². The van der Waals surface area contributed by atoms with Gasteiger partial charge >= 0.3 is 0 Å². The lowest BCUT2D eigenvalue weighted by Gasteiger charge is -2.11. The van der Waals surface area contributed by atoms with Crippen LogP contribution in [-0.2, 0) is 0 Å². The maximum atomic E-state index is 12.5.